The average Bonchev–Trinajstić information content (AvgIpc) is 2.56. The van der Waals surface area contributed by atoms with Gasteiger partial charge in [-0.2, -0.15) is 0 Å². The zero-order chi connectivity index (χ0) is 16.7. The SMILES string of the molecule is C[C@H](CNC(=O)N[C@@H](C)c1ccccn1)Oc1ccccc1F. The van der Waals surface area contributed by atoms with Gasteiger partial charge in [0.1, 0.15) is 6.10 Å². The normalized spacial score (nSPS) is 13.0. The maximum Gasteiger partial charge on any atom is 0.315 e. The van der Waals surface area contributed by atoms with E-state index in [1.54, 1.807) is 31.3 Å². The number of halogens is 1. The van der Waals surface area contributed by atoms with Crippen molar-refractivity contribution in [2.24, 2.45) is 0 Å². The summed E-state index contributed by atoms with van der Waals surface area (Å²) >= 11 is 0. The fraction of sp³-hybridized carbons (Fsp3) is 0.294. The molecular formula is C17H20FN3O2. The van der Waals surface area contributed by atoms with Crippen LogP contribution < -0.4 is 15.4 Å². The van der Waals surface area contributed by atoms with Gasteiger partial charge in [-0.15, -0.1) is 0 Å². The third-order valence-electron chi connectivity index (χ3n) is 3.19. The van der Waals surface area contributed by atoms with Crippen LogP contribution >= 0.6 is 0 Å². The highest BCUT2D eigenvalue weighted by molar-refractivity contribution is 5.74. The highest BCUT2D eigenvalue weighted by atomic mass is 19.1. The van der Waals surface area contributed by atoms with Crippen LogP contribution in [-0.4, -0.2) is 23.7 Å². The summed E-state index contributed by atoms with van der Waals surface area (Å²) in [5, 5.41) is 5.48. The van der Waals surface area contributed by atoms with Gasteiger partial charge in [0.2, 0.25) is 0 Å². The number of urea groups is 1. The minimum Gasteiger partial charge on any atom is -0.486 e. The van der Waals surface area contributed by atoms with Gasteiger partial charge in [0.25, 0.3) is 0 Å². The predicted octanol–water partition coefficient (Wildman–Crippen LogP) is 3.05. The first-order chi connectivity index (χ1) is 11.1. The molecule has 23 heavy (non-hydrogen) atoms. The van der Waals surface area contributed by atoms with Crippen LogP contribution in [0.15, 0.2) is 48.7 Å². The first-order valence-electron chi connectivity index (χ1n) is 7.42. The van der Waals surface area contributed by atoms with Crippen molar-refractivity contribution in [1.29, 1.82) is 0 Å². The van der Waals surface area contributed by atoms with Gasteiger partial charge in [-0.1, -0.05) is 18.2 Å². The predicted molar refractivity (Wildman–Crippen MR) is 85.7 cm³/mol. The largest absolute Gasteiger partial charge is 0.486 e. The van der Waals surface area contributed by atoms with Crippen LogP contribution in [0.2, 0.25) is 0 Å². The standard InChI is InChI=1S/C17H20FN3O2/c1-12(23-16-9-4-3-7-14(16)18)11-20-17(22)21-13(2)15-8-5-6-10-19-15/h3-10,12-13H,11H2,1-2H3,(H2,20,21,22)/t12-,13+/m1/s1. The molecule has 0 bridgehead atoms. The molecule has 2 rings (SSSR count). The Labute approximate surface area is 134 Å². The molecule has 0 aliphatic rings. The molecular weight excluding hydrogens is 297 g/mol. The number of carbonyl (C=O) groups excluding carboxylic acids is 1. The van der Waals surface area contributed by atoms with E-state index in [9.17, 15) is 9.18 Å². The molecule has 0 saturated carbocycles. The number of ether oxygens (including phenoxy) is 1. The summed E-state index contributed by atoms with van der Waals surface area (Å²) in [5.41, 5.74) is 0.776. The molecule has 2 amide bonds. The maximum absolute atomic E-state index is 13.5. The highest BCUT2D eigenvalue weighted by Crippen LogP contribution is 2.16. The number of hydrogen-bond donors (Lipinski definition) is 2. The Bertz CT molecular complexity index is 637. The number of benzene rings is 1. The summed E-state index contributed by atoms with van der Waals surface area (Å²) in [7, 11) is 0. The monoisotopic (exact) mass is 317 g/mol. The van der Waals surface area contributed by atoms with E-state index in [0.29, 0.717) is 0 Å². The summed E-state index contributed by atoms with van der Waals surface area (Å²) in [6, 6.07) is 11.2. The van der Waals surface area contributed by atoms with Crippen molar-refractivity contribution in [2.75, 3.05) is 6.54 Å². The first-order valence-corrected chi connectivity index (χ1v) is 7.42. The third kappa shape index (κ3) is 5.25. The van der Waals surface area contributed by atoms with Crippen molar-refractivity contribution in [3.05, 3.63) is 60.2 Å². The van der Waals surface area contributed by atoms with Gasteiger partial charge >= 0.3 is 6.03 Å². The van der Waals surface area contributed by atoms with E-state index in [0.717, 1.165) is 5.69 Å². The molecule has 2 aromatic rings. The van der Waals surface area contributed by atoms with Crippen molar-refractivity contribution in [3.8, 4) is 5.75 Å². The molecule has 1 aromatic carbocycles. The van der Waals surface area contributed by atoms with E-state index in [1.165, 1.54) is 6.07 Å². The van der Waals surface area contributed by atoms with Crippen LogP contribution in [-0.2, 0) is 0 Å². The van der Waals surface area contributed by atoms with E-state index in [1.807, 2.05) is 25.1 Å². The second-order valence-electron chi connectivity index (χ2n) is 5.19. The molecule has 1 heterocycles. The Kier molecular flexibility index (Phi) is 5.91. The van der Waals surface area contributed by atoms with Crippen LogP contribution in [0.4, 0.5) is 9.18 Å². The molecule has 0 saturated heterocycles. The Morgan fingerprint density at radius 2 is 1.96 bits per heavy atom. The number of hydrogen-bond acceptors (Lipinski definition) is 3. The fourth-order valence-corrected chi connectivity index (χ4v) is 1.99. The summed E-state index contributed by atoms with van der Waals surface area (Å²) < 4.78 is 18.9. The quantitative estimate of drug-likeness (QED) is 0.861. The second-order valence-corrected chi connectivity index (χ2v) is 5.19. The lowest BCUT2D eigenvalue weighted by Crippen LogP contribution is -2.41. The van der Waals surface area contributed by atoms with Gasteiger partial charge in [0, 0.05) is 6.20 Å². The van der Waals surface area contributed by atoms with Crippen molar-refractivity contribution in [2.45, 2.75) is 26.0 Å². The number of pyridine rings is 1. The van der Waals surface area contributed by atoms with E-state index >= 15 is 0 Å². The Balaban J connectivity index is 1.77. The molecule has 0 radical (unpaired) electrons. The van der Waals surface area contributed by atoms with Gasteiger partial charge in [-0.3, -0.25) is 4.98 Å². The maximum atomic E-state index is 13.5. The van der Waals surface area contributed by atoms with E-state index in [2.05, 4.69) is 15.6 Å². The Hall–Kier alpha value is -2.63. The number of amides is 2. The van der Waals surface area contributed by atoms with Crippen molar-refractivity contribution in [1.82, 2.24) is 15.6 Å². The van der Waals surface area contributed by atoms with Crippen molar-refractivity contribution < 1.29 is 13.9 Å². The summed E-state index contributed by atoms with van der Waals surface area (Å²) in [6.07, 6.45) is 1.32. The topological polar surface area (TPSA) is 63.2 Å². The molecule has 0 aliphatic heterocycles. The number of para-hydroxylation sites is 1. The molecule has 5 nitrogen and oxygen atoms in total. The van der Waals surface area contributed by atoms with Crippen molar-refractivity contribution >= 4 is 6.03 Å². The molecule has 0 aliphatic carbocycles. The lowest BCUT2D eigenvalue weighted by molar-refractivity contribution is 0.200. The van der Waals surface area contributed by atoms with Crippen LogP contribution in [0.3, 0.4) is 0 Å². The zero-order valence-corrected chi connectivity index (χ0v) is 13.1. The zero-order valence-electron chi connectivity index (χ0n) is 13.1. The number of rotatable bonds is 6. The van der Waals surface area contributed by atoms with E-state index in [-0.39, 0.29) is 30.5 Å². The summed E-state index contributed by atoms with van der Waals surface area (Å²) in [5.74, 6) is -0.253. The Morgan fingerprint density at radius 1 is 1.22 bits per heavy atom. The van der Waals surface area contributed by atoms with Gasteiger partial charge in [-0.25, -0.2) is 9.18 Å². The molecule has 0 fully saturated rings. The molecule has 1 aromatic heterocycles. The first kappa shape index (κ1) is 16.7. The van der Waals surface area contributed by atoms with Crippen LogP contribution in [0, 0.1) is 5.82 Å². The molecule has 0 spiro atoms. The minimum atomic E-state index is -0.424. The van der Waals surface area contributed by atoms with E-state index < -0.39 is 5.82 Å². The van der Waals surface area contributed by atoms with E-state index in [4.69, 9.17) is 4.74 Å². The summed E-state index contributed by atoms with van der Waals surface area (Å²) in [6.45, 7) is 3.87. The fourth-order valence-electron chi connectivity index (χ4n) is 1.99. The molecule has 2 N–H and O–H groups in total. The molecule has 0 unspecified atom stereocenters. The van der Waals surface area contributed by atoms with Crippen LogP contribution in [0.25, 0.3) is 0 Å². The van der Waals surface area contributed by atoms with Gasteiger partial charge < -0.3 is 15.4 Å². The molecule has 6 heteroatoms. The van der Waals surface area contributed by atoms with Crippen LogP contribution in [0.1, 0.15) is 25.6 Å². The van der Waals surface area contributed by atoms with Gasteiger partial charge in [0.05, 0.1) is 18.3 Å². The number of nitrogens with one attached hydrogen (secondary N) is 2. The number of aromatic nitrogens is 1. The molecule has 2 atom stereocenters. The smallest absolute Gasteiger partial charge is 0.315 e. The summed E-state index contributed by atoms with van der Waals surface area (Å²) in [4.78, 5) is 16.1. The average molecular weight is 317 g/mol. The third-order valence-corrected chi connectivity index (χ3v) is 3.19. The molecule has 122 valence electrons. The second kappa shape index (κ2) is 8.12. The van der Waals surface area contributed by atoms with Crippen molar-refractivity contribution in [3.63, 3.8) is 0 Å². The Morgan fingerprint density at radius 3 is 2.65 bits per heavy atom. The number of nitrogens with zero attached hydrogens (tertiary/aromatic N) is 1. The highest BCUT2D eigenvalue weighted by Gasteiger charge is 2.12. The lowest BCUT2D eigenvalue weighted by atomic mass is 10.2. The minimum absolute atomic E-state index is 0.170. The van der Waals surface area contributed by atoms with Gasteiger partial charge in [0.15, 0.2) is 11.6 Å². The van der Waals surface area contributed by atoms with Gasteiger partial charge in [-0.05, 0) is 38.1 Å². The lowest BCUT2D eigenvalue weighted by Gasteiger charge is -2.18. The number of carbonyl (C=O) groups is 1. The van der Waals surface area contributed by atoms with Crippen LogP contribution in [0.5, 0.6) is 5.75 Å².